The molecule has 0 spiro atoms. The van der Waals surface area contributed by atoms with E-state index < -0.39 is 0 Å². The van der Waals surface area contributed by atoms with E-state index in [2.05, 4.69) is 27.3 Å². The van der Waals surface area contributed by atoms with Crippen molar-refractivity contribution in [2.24, 2.45) is 0 Å². The minimum absolute atomic E-state index is 0.169. The van der Waals surface area contributed by atoms with Gasteiger partial charge in [0.1, 0.15) is 0 Å². The highest BCUT2D eigenvalue weighted by molar-refractivity contribution is 14.1. The smallest absolute Gasteiger partial charge is 0.307 e. The van der Waals surface area contributed by atoms with Gasteiger partial charge in [-0.05, 0) is 40.8 Å². The summed E-state index contributed by atoms with van der Waals surface area (Å²) in [6, 6.07) is 5.12. The molecule has 4 nitrogen and oxygen atoms in total. The standard InChI is InChI=1S/C12H13ClINO3/c1-15(6-5-11(16)18-2)12(17)8-3-4-10(14)9(13)7-8/h3-4,7H,5-6H2,1-2H3. The summed E-state index contributed by atoms with van der Waals surface area (Å²) in [6.07, 6.45) is 0.177. The fraction of sp³-hybridized carbons (Fsp3) is 0.333. The molecule has 1 rings (SSSR count). The molecule has 0 aromatic heterocycles. The number of amides is 1. The lowest BCUT2D eigenvalue weighted by Gasteiger charge is -2.16. The van der Waals surface area contributed by atoms with E-state index in [0.29, 0.717) is 17.1 Å². The van der Waals surface area contributed by atoms with E-state index in [-0.39, 0.29) is 18.3 Å². The molecule has 98 valence electrons. The van der Waals surface area contributed by atoms with E-state index in [1.807, 2.05) is 0 Å². The van der Waals surface area contributed by atoms with Crippen LogP contribution in [0.15, 0.2) is 18.2 Å². The zero-order chi connectivity index (χ0) is 13.7. The topological polar surface area (TPSA) is 46.6 Å². The monoisotopic (exact) mass is 381 g/mol. The molecule has 0 saturated carbocycles. The van der Waals surface area contributed by atoms with E-state index in [9.17, 15) is 9.59 Å². The molecule has 18 heavy (non-hydrogen) atoms. The van der Waals surface area contributed by atoms with Crippen molar-refractivity contribution < 1.29 is 14.3 Å². The molecule has 0 aliphatic carbocycles. The summed E-state index contributed by atoms with van der Waals surface area (Å²) >= 11 is 8.05. The number of hydrogen-bond acceptors (Lipinski definition) is 3. The number of methoxy groups -OCH3 is 1. The second-order valence-electron chi connectivity index (χ2n) is 3.68. The van der Waals surface area contributed by atoms with Crippen LogP contribution in [0.25, 0.3) is 0 Å². The van der Waals surface area contributed by atoms with Crippen molar-refractivity contribution in [2.45, 2.75) is 6.42 Å². The quantitative estimate of drug-likeness (QED) is 0.595. The first-order valence-electron chi connectivity index (χ1n) is 5.23. The average Bonchev–Trinajstić information content (AvgIpc) is 2.37. The minimum atomic E-state index is -0.338. The number of halogens is 2. The van der Waals surface area contributed by atoms with Crippen LogP contribution in [0.3, 0.4) is 0 Å². The molecule has 0 aliphatic rings. The Kier molecular flexibility index (Phi) is 5.87. The van der Waals surface area contributed by atoms with Gasteiger partial charge in [-0.15, -0.1) is 0 Å². The third-order valence-corrected chi connectivity index (χ3v) is 3.96. The van der Waals surface area contributed by atoms with Crippen molar-refractivity contribution in [2.75, 3.05) is 20.7 Å². The van der Waals surface area contributed by atoms with Crippen LogP contribution in [0.5, 0.6) is 0 Å². The van der Waals surface area contributed by atoms with Crippen LogP contribution in [0.1, 0.15) is 16.8 Å². The van der Waals surface area contributed by atoms with Crippen LogP contribution in [0.2, 0.25) is 5.02 Å². The number of carbonyl (C=O) groups is 2. The van der Waals surface area contributed by atoms with Crippen LogP contribution in [-0.4, -0.2) is 37.5 Å². The van der Waals surface area contributed by atoms with Gasteiger partial charge in [0, 0.05) is 22.7 Å². The first-order chi connectivity index (χ1) is 8.45. The summed E-state index contributed by atoms with van der Waals surface area (Å²) in [5, 5.41) is 0.544. The summed E-state index contributed by atoms with van der Waals surface area (Å²) in [5.41, 5.74) is 0.507. The lowest BCUT2D eigenvalue weighted by Crippen LogP contribution is -2.29. The Labute approximate surface area is 124 Å². The molecule has 0 unspecified atom stereocenters. The van der Waals surface area contributed by atoms with Gasteiger partial charge in [-0.1, -0.05) is 11.6 Å². The lowest BCUT2D eigenvalue weighted by atomic mass is 10.2. The van der Waals surface area contributed by atoms with Gasteiger partial charge in [0.05, 0.1) is 18.6 Å². The number of carbonyl (C=O) groups excluding carboxylic acids is 2. The van der Waals surface area contributed by atoms with Crippen LogP contribution in [-0.2, 0) is 9.53 Å². The highest BCUT2D eigenvalue weighted by Gasteiger charge is 2.14. The third-order valence-electron chi connectivity index (χ3n) is 2.39. The molecule has 0 saturated heterocycles. The van der Waals surface area contributed by atoms with Crippen molar-refractivity contribution in [1.29, 1.82) is 0 Å². The first kappa shape index (κ1) is 15.2. The maximum absolute atomic E-state index is 12.0. The fourth-order valence-corrected chi connectivity index (χ4v) is 1.83. The molecule has 1 aromatic carbocycles. The van der Waals surface area contributed by atoms with E-state index in [1.165, 1.54) is 12.0 Å². The van der Waals surface area contributed by atoms with Gasteiger partial charge in [0.25, 0.3) is 5.91 Å². The van der Waals surface area contributed by atoms with Crippen LogP contribution >= 0.6 is 34.2 Å². The largest absolute Gasteiger partial charge is 0.469 e. The summed E-state index contributed by atoms with van der Waals surface area (Å²) < 4.78 is 5.41. The van der Waals surface area contributed by atoms with E-state index in [0.717, 1.165) is 3.57 Å². The zero-order valence-electron chi connectivity index (χ0n) is 10.1. The van der Waals surface area contributed by atoms with Crippen LogP contribution < -0.4 is 0 Å². The summed E-state index contributed by atoms with van der Waals surface area (Å²) in [5.74, 6) is -0.507. The van der Waals surface area contributed by atoms with Gasteiger partial charge in [0.2, 0.25) is 0 Å². The maximum Gasteiger partial charge on any atom is 0.307 e. The molecule has 0 aliphatic heterocycles. The normalized spacial score (nSPS) is 10.0. The van der Waals surface area contributed by atoms with Gasteiger partial charge in [0.15, 0.2) is 0 Å². The molecular formula is C12H13ClINO3. The second kappa shape index (κ2) is 6.94. The lowest BCUT2D eigenvalue weighted by molar-refractivity contribution is -0.140. The van der Waals surface area contributed by atoms with Gasteiger partial charge in [-0.2, -0.15) is 0 Å². The van der Waals surface area contributed by atoms with E-state index in [4.69, 9.17) is 11.6 Å². The SMILES string of the molecule is COC(=O)CCN(C)C(=O)c1ccc(I)c(Cl)c1. The molecule has 0 bridgehead atoms. The summed E-state index contributed by atoms with van der Waals surface area (Å²) in [7, 11) is 2.96. The Morgan fingerprint density at radius 2 is 2.11 bits per heavy atom. The highest BCUT2D eigenvalue weighted by atomic mass is 127. The average molecular weight is 382 g/mol. The van der Waals surface area contributed by atoms with Crippen LogP contribution in [0, 0.1) is 3.57 Å². The van der Waals surface area contributed by atoms with Gasteiger partial charge >= 0.3 is 5.97 Å². The van der Waals surface area contributed by atoms with Crippen LogP contribution in [0.4, 0.5) is 0 Å². The van der Waals surface area contributed by atoms with E-state index >= 15 is 0 Å². The Morgan fingerprint density at radius 1 is 1.44 bits per heavy atom. The Balaban J connectivity index is 2.68. The predicted molar refractivity (Wildman–Crippen MR) is 77.8 cm³/mol. The number of rotatable bonds is 4. The summed E-state index contributed by atoms with van der Waals surface area (Å²) in [4.78, 5) is 24.5. The summed E-state index contributed by atoms with van der Waals surface area (Å²) in [6.45, 7) is 0.315. The fourth-order valence-electron chi connectivity index (χ4n) is 1.31. The molecule has 0 radical (unpaired) electrons. The van der Waals surface area contributed by atoms with Gasteiger partial charge in [-0.3, -0.25) is 9.59 Å². The first-order valence-corrected chi connectivity index (χ1v) is 6.68. The molecule has 0 N–H and O–H groups in total. The highest BCUT2D eigenvalue weighted by Crippen LogP contribution is 2.20. The minimum Gasteiger partial charge on any atom is -0.469 e. The molecule has 1 aromatic rings. The van der Waals surface area contributed by atoms with Crippen molar-refractivity contribution in [3.8, 4) is 0 Å². The van der Waals surface area contributed by atoms with Crippen molar-refractivity contribution in [3.63, 3.8) is 0 Å². The molecule has 0 heterocycles. The molecule has 0 fully saturated rings. The molecule has 1 amide bonds. The zero-order valence-corrected chi connectivity index (χ0v) is 13.0. The Morgan fingerprint density at radius 3 is 2.67 bits per heavy atom. The van der Waals surface area contributed by atoms with Gasteiger partial charge < -0.3 is 9.64 Å². The van der Waals surface area contributed by atoms with Gasteiger partial charge in [-0.25, -0.2) is 0 Å². The molecule has 6 heteroatoms. The number of nitrogens with zero attached hydrogens (tertiary/aromatic N) is 1. The predicted octanol–water partition coefficient (Wildman–Crippen LogP) is 2.58. The number of benzene rings is 1. The van der Waals surface area contributed by atoms with E-state index in [1.54, 1.807) is 25.2 Å². The maximum atomic E-state index is 12.0. The number of ether oxygens (including phenoxy) is 1. The second-order valence-corrected chi connectivity index (χ2v) is 5.25. The number of hydrogen-bond donors (Lipinski definition) is 0. The molecule has 0 atom stereocenters. The van der Waals surface area contributed by atoms with Crippen molar-refractivity contribution in [3.05, 3.63) is 32.4 Å². The third kappa shape index (κ3) is 4.13. The number of esters is 1. The Bertz CT molecular complexity index is 465. The Hall–Kier alpha value is -0.820. The van der Waals surface area contributed by atoms with Crippen molar-refractivity contribution >= 4 is 46.1 Å². The molecular weight excluding hydrogens is 368 g/mol. The van der Waals surface area contributed by atoms with Crippen molar-refractivity contribution in [1.82, 2.24) is 4.90 Å².